The normalized spacial score (nSPS) is 19.9. The number of anilines is 1. The molecule has 3 nitrogen and oxygen atoms in total. The Hall–Kier alpha value is -1.22. The summed E-state index contributed by atoms with van der Waals surface area (Å²) < 4.78 is 5.37. The van der Waals surface area contributed by atoms with E-state index in [9.17, 15) is 5.11 Å². The van der Waals surface area contributed by atoms with Crippen molar-refractivity contribution in [2.45, 2.75) is 33.3 Å². The Morgan fingerprint density at radius 2 is 2.11 bits per heavy atom. The van der Waals surface area contributed by atoms with Crippen LogP contribution >= 0.6 is 0 Å². The maximum absolute atomic E-state index is 10.0. The topological polar surface area (TPSA) is 32.7 Å². The van der Waals surface area contributed by atoms with E-state index >= 15 is 0 Å². The van der Waals surface area contributed by atoms with Crippen LogP contribution in [-0.2, 0) is 0 Å². The van der Waals surface area contributed by atoms with Crippen molar-refractivity contribution in [3.8, 4) is 5.75 Å². The molecule has 0 radical (unpaired) electrons. The number of ether oxygens (including phenoxy) is 1. The van der Waals surface area contributed by atoms with Gasteiger partial charge in [0.1, 0.15) is 5.75 Å². The molecule has 100 valence electrons. The first-order valence-corrected chi connectivity index (χ1v) is 6.54. The van der Waals surface area contributed by atoms with Crippen molar-refractivity contribution in [1.29, 1.82) is 0 Å². The largest absolute Gasteiger partial charge is 0.496 e. The first-order chi connectivity index (χ1) is 8.44. The Labute approximate surface area is 109 Å². The summed E-state index contributed by atoms with van der Waals surface area (Å²) in [7, 11) is 1.65. The third-order valence-electron chi connectivity index (χ3n) is 3.70. The molecule has 1 aliphatic heterocycles. The summed E-state index contributed by atoms with van der Waals surface area (Å²) in [5.41, 5.74) is 2.35. The number of hydrogen-bond acceptors (Lipinski definition) is 3. The molecule has 3 heteroatoms. The highest BCUT2D eigenvalue weighted by Crippen LogP contribution is 2.39. The highest BCUT2D eigenvalue weighted by atomic mass is 16.5. The SMILES string of the molecule is COc1cccc(N2CCC(C)(C)C2)c1[C@H](C)O. The van der Waals surface area contributed by atoms with Gasteiger partial charge in [-0.3, -0.25) is 0 Å². The van der Waals surface area contributed by atoms with Crippen molar-refractivity contribution >= 4 is 5.69 Å². The second-order valence-electron chi connectivity index (χ2n) is 5.90. The molecule has 18 heavy (non-hydrogen) atoms. The van der Waals surface area contributed by atoms with Gasteiger partial charge in [-0.2, -0.15) is 0 Å². The monoisotopic (exact) mass is 249 g/mol. The molecule has 0 bridgehead atoms. The van der Waals surface area contributed by atoms with Crippen LogP contribution < -0.4 is 9.64 Å². The van der Waals surface area contributed by atoms with Gasteiger partial charge in [0.25, 0.3) is 0 Å². The van der Waals surface area contributed by atoms with Crippen molar-refractivity contribution in [2.75, 3.05) is 25.1 Å². The molecule has 1 saturated heterocycles. The first-order valence-electron chi connectivity index (χ1n) is 6.54. The van der Waals surface area contributed by atoms with Crippen LogP contribution in [0.1, 0.15) is 38.9 Å². The average molecular weight is 249 g/mol. The molecule has 1 atom stereocenters. The third-order valence-corrected chi connectivity index (χ3v) is 3.70. The summed E-state index contributed by atoms with van der Waals surface area (Å²) in [6, 6.07) is 5.98. The zero-order valence-electron chi connectivity index (χ0n) is 11.7. The Morgan fingerprint density at radius 1 is 1.39 bits per heavy atom. The number of nitrogens with zero attached hydrogens (tertiary/aromatic N) is 1. The highest BCUT2D eigenvalue weighted by Gasteiger charge is 2.31. The third kappa shape index (κ3) is 2.46. The molecule has 2 rings (SSSR count). The zero-order valence-corrected chi connectivity index (χ0v) is 11.7. The van der Waals surface area contributed by atoms with Crippen LogP contribution in [0.15, 0.2) is 18.2 Å². The van der Waals surface area contributed by atoms with E-state index in [1.807, 2.05) is 12.1 Å². The summed E-state index contributed by atoms with van der Waals surface area (Å²) in [6.45, 7) is 8.44. The van der Waals surface area contributed by atoms with Gasteiger partial charge in [-0.15, -0.1) is 0 Å². The molecule has 1 heterocycles. The maximum Gasteiger partial charge on any atom is 0.126 e. The Bertz CT molecular complexity index is 427. The fourth-order valence-corrected chi connectivity index (χ4v) is 2.72. The van der Waals surface area contributed by atoms with Crippen LogP contribution in [0.4, 0.5) is 5.69 Å². The second-order valence-corrected chi connectivity index (χ2v) is 5.90. The van der Waals surface area contributed by atoms with Gasteiger partial charge in [0.05, 0.1) is 13.2 Å². The predicted octanol–water partition coefficient (Wildman–Crippen LogP) is 2.98. The Morgan fingerprint density at radius 3 is 2.61 bits per heavy atom. The minimum absolute atomic E-state index is 0.346. The van der Waals surface area contributed by atoms with Gasteiger partial charge in [0, 0.05) is 24.3 Å². The molecule has 1 fully saturated rings. The summed E-state index contributed by atoms with van der Waals surface area (Å²) in [5.74, 6) is 0.771. The van der Waals surface area contributed by atoms with E-state index in [-0.39, 0.29) is 0 Å². The molecule has 0 saturated carbocycles. The van der Waals surface area contributed by atoms with Crippen LogP contribution in [-0.4, -0.2) is 25.3 Å². The Balaban J connectivity index is 2.39. The number of rotatable bonds is 3. The fourth-order valence-electron chi connectivity index (χ4n) is 2.72. The number of aliphatic hydroxyl groups excluding tert-OH is 1. The molecule has 1 aromatic carbocycles. The van der Waals surface area contributed by atoms with Crippen LogP contribution in [0.5, 0.6) is 5.75 Å². The molecule has 0 amide bonds. The number of hydrogen-bond donors (Lipinski definition) is 1. The molecule has 0 aromatic heterocycles. The fraction of sp³-hybridized carbons (Fsp3) is 0.600. The lowest BCUT2D eigenvalue weighted by molar-refractivity contribution is 0.194. The molecule has 0 spiro atoms. The van der Waals surface area contributed by atoms with Crippen molar-refractivity contribution in [3.05, 3.63) is 23.8 Å². The van der Waals surface area contributed by atoms with E-state index in [1.54, 1.807) is 14.0 Å². The predicted molar refractivity (Wildman–Crippen MR) is 74.2 cm³/mol. The Kier molecular flexibility index (Phi) is 3.53. The molecular formula is C15H23NO2. The van der Waals surface area contributed by atoms with Crippen LogP contribution in [0.3, 0.4) is 0 Å². The van der Waals surface area contributed by atoms with E-state index in [1.165, 1.54) is 6.42 Å². The molecular weight excluding hydrogens is 226 g/mol. The van der Waals surface area contributed by atoms with Crippen molar-refractivity contribution in [3.63, 3.8) is 0 Å². The maximum atomic E-state index is 10.0. The standard InChI is InChI=1S/C15H23NO2/c1-11(17)14-12(6-5-7-13(14)18-4)16-9-8-15(2,3)10-16/h5-7,11,17H,8-10H2,1-4H3/t11-/m0/s1. The summed E-state index contributed by atoms with van der Waals surface area (Å²) in [5, 5.41) is 10.0. The lowest BCUT2D eigenvalue weighted by Gasteiger charge is -2.26. The van der Waals surface area contributed by atoms with Crippen LogP contribution in [0, 0.1) is 5.41 Å². The van der Waals surface area contributed by atoms with Crippen molar-refractivity contribution in [1.82, 2.24) is 0 Å². The molecule has 0 aliphatic carbocycles. The second kappa shape index (κ2) is 4.81. The minimum Gasteiger partial charge on any atom is -0.496 e. The smallest absolute Gasteiger partial charge is 0.126 e. The van der Waals surface area contributed by atoms with Gasteiger partial charge in [0.2, 0.25) is 0 Å². The number of aliphatic hydroxyl groups is 1. The van der Waals surface area contributed by atoms with E-state index < -0.39 is 6.10 Å². The van der Waals surface area contributed by atoms with E-state index in [4.69, 9.17) is 4.74 Å². The molecule has 1 N–H and O–H groups in total. The first kappa shape index (κ1) is 13.2. The average Bonchev–Trinajstić information content (AvgIpc) is 2.68. The number of methoxy groups -OCH3 is 1. The zero-order chi connectivity index (χ0) is 13.3. The summed E-state index contributed by atoms with van der Waals surface area (Å²) >= 11 is 0. The van der Waals surface area contributed by atoms with Crippen molar-refractivity contribution in [2.24, 2.45) is 5.41 Å². The van der Waals surface area contributed by atoms with Gasteiger partial charge in [0.15, 0.2) is 0 Å². The quantitative estimate of drug-likeness (QED) is 0.894. The van der Waals surface area contributed by atoms with E-state index in [0.29, 0.717) is 5.41 Å². The highest BCUT2D eigenvalue weighted by molar-refractivity contribution is 5.61. The van der Waals surface area contributed by atoms with Gasteiger partial charge < -0.3 is 14.7 Å². The number of benzene rings is 1. The summed E-state index contributed by atoms with van der Waals surface area (Å²) in [6.07, 6.45) is 0.670. The molecule has 1 aromatic rings. The summed E-state index contributed by atoms with van der Waals surface area (Å²) in [4.78, 5) is 2.35. The van der Waals surface area contributed by atoms with Crippen LogP contribution in [0.25, 0.3) is 0 Å². The van der Waals surface area contributed by atoms with Gasteiger partial charge in [-0.25, -0.2) is 0 Å². The van der Waals surface area contributed by atoms with Crippen LogP contribution in [0.2, 0.25) is 0 Å². The molecule has 0 unspecified atom stereocenters. The molecule has 1 aliphatic rings. The van der Waals surface area contributed by atoms with E-state index in [0.717, 1.165) is 30.1 Å². The van der Waals surface area contributed by atoms with Gasteiger partial charge in [-0.1, -0.05) is 19.9 Å². The minimum atomic E-state index is -0.514. The van der Waals surface area contributed by atoms with E-state index in [2.05, 4.69) is 24.8 Å². The van der Waals surface area contributed by atoms with Gasteiger partial charge in [-0.05, 0) is 30.9 Å². The van der Waals surface area contributed by atoms with Gasteiger partial charge >= 0.3 is 0 Å². The lowest BCUT2D eigenvalue weighted by Crippen LogP contribution is -2.24. The lowest BCUT2D eigenvalue weighted by atomic mass is 9.93. The van der Waals surface area contributed by atoms with Crippen molar-refractivity contribution < 1.29 is 9.84 Å².